The van der Waals surface area contributed by atoms with Crippen molar-refractivity contribution in [3.05, 3.63) is 24.3 Å². The standard InChI is InChI=1S/C18H29NO2/c1-18(2,3)13-10-11-14(19-4)17(12-13)21-16-9-7-6-8-15(16)20-5/h6-9,13-14,17,19H,10-12H2,1-5H3. The van der Waals surface area contributed by atoms with E-state index in [1.54, 1.807) is 7.11 Å². The molecule has 1 aromatic rings. The van der Waals surface area contributed by atoms with Gasteiger partial charge in [0, 0.05) is 6.04 Å². The van der Waals surface area contributed by atoms with E-state index < -0.39 is 0 Å². The Morgan fingerprint density at radius 2 is 1.76 bits per heavy atom. The summed E-state index contributed by atoms with van der Waals surface area (Å²) in [5.74, 6) is 2.35. The average Bonchev–Trinajstić information content (AvgIpc) is 2.47. The molecule has 1 saturated carbocycles. The second kappa shape index (κ2) is 6.69. The van der Waals surface area contributed by atoms with Crippen LogP contribution in [0.5, 0.6) is 11.5 Å². The van der Waals surface area contributed by atoms with Crippen molar-refractivity contribution in [2.75, 3.05) is 14.2 Å². The van der Waals surface area contributed by atoms with Crippen LogP contribution in [-0.4, -0.2) is 26.3 Å². The molecule has 0 amide bonds. The van der Waals surface area contributed by atoms with Gasteiger partial charge in [0.1, 0.15) is 6.10 Å². The lowest BCUT2D eigenvalue weighted by Gasteiger charge is -2.41. The maximum atomic E-state index is 6.32. The molecule has 0 radical (unpaired) electrons. The lowest BCUT2D eigenvalue weighted by Crippen LogP contribution is -2.47. The molecular weight excluding hydrogens is 262 g/mol. The van der Waals surface area contributed by atoms with Crippen molar-refractivity contribution in [3.63, 3.8) is 0 Å². The van der Waals surface area contributed by atoms with Gasteiger partial charge in [-0.1, -0.05) is 32.9 Å². The summed E-state index contributed by atoms with van der Waals surface area (Å²) in [4.78, 5) is 0. The third-order valence-corrected chi connectivity index (χ3v) is 4.73. The second-order valence-corrected chi connectivity index (χ2v) is 7.08. The Kier molecular flexibility index (Phi) is 5.15. The van der Waals surface area contributed by atoms with Gasteiger partial charge < -0.3 is 14.8 Å². The molecule has 1 fully saturated rings. The van der Waals surface area contributed by atoms with Gasteiger partial charge in [-0.05, 0) is 49.8 Å². The van der Waals surface area contributed by atoms with Gasteiger partial charge in [0.2, 0.25) is 0 Å². The number of nitrogens with one attached hydrogen (secondary N) is 1. The Labute approximate surface area is 129 Å². The molecule has 3 atom stereocenters. The van der Waals surface area contributed by atoms with Gasteiger partial charge in [0.15, 0.2) is 11.5 Å². The number of para-hydroxylation sites is 2. The lowest BCUT2D eigenvalue weighted by atomic mass is 9.70. The Bertz CT molecular complexity index is 453. The monoisotopic (exact) mass is 291 g/mol. The summed E-state index contributed by atoms with van der Waals surface area (Å²) in [6, 6.07) is 8.32. The number of rotatable bonds is 4. The van der Waals surface area contributed by atoms with Crippen molar-refractivity contribution in [1.29, 1.82) is 0 Å². The molecule has 3 nitrogen and oxygen atoms in total. The minimum Gasteiger partial charge on any atom is -0.493 e. The summed E-state index contributed by atoms with van der Waals surface area (Å²) >= 11 is 0. The fourth-order valence-electron chi connectivity index (χ4n) is 3.26. The lowest BCUT2D eigenvalue weighted by molar-refractivity contribution is 0.0480. The van der Waals surface area contributed by atoms with E-state index in [-0.39, 0.29) is 6.10 Å². The molecule has 0 aromatic heterocycles. The van der Waals surface area contributed by atoms with E-state index in [2.05, 4.69) is 26.1 Å². The summed E-state index contributed by atoms with van der Waals surface area (Å²) in [5, 5.41) is 3.42. The first-order valence-corrected chi connectivity index (χ1v) is 7.92. The third-order valence-electron chi connectivity index (χ3n) is 4.73. The van der Waals surface area contributed by atoms with E-state index in [1.807, 2.05) is 31.3 Å². The second-order valence-electron chi connectivity index (χ2n) is 7.08. The van der Waals surface area contributed by atoms with Gasteiger partial charge in [-0.25, -0.2) is 0 Å². The molecule has 118 valence electrons. The summed E-state index contributed by atoms with van der Waals surface area (Å²) in [6.45, 7) is 6.99. The molecule has 0 saturated heterocycles. The summed E-state index contributed by atoms with van der Waals surface area (Å²) in [7, 11) is 3.72. The molecule has 1 aromatic carbocycles. The number of hydrogen-bond acceptors (Lipinski definition) is 3. The van der Waals surface area contributed by atoms with Crippen molar-refractivity contribution in [1.82, 2.24) is 5.32 Å². The van der Waals surface area contributed by atoms with Gasteiger partial charge in [0.05, 0.1) is 7.11 Å². The van der Waals surface area contributed by atoms with Crippen LogP contribution < -0.4 is 14.8 Å². The smallest absolute Gasteiger partial charge is 0.161 e. The first kappa shape index (κ1) is 16.2. The van der Waals surface area contributed by atoms with Crippen molar-refractivity contribution >= 4 is 0 Å². The molecule has 2 rings (SSSR count). The van der Waals surface area contributed by atoms with Crippen LogP contribution in [0.2, 0.25) is 0 Å². The zero-order chi connectivity index (χ0) is 15.5. The van der Waals surface area contributed by atoms with Gasteiger partial charge in [0.25, 0.3) is 0 Å². The van der Waals surface area contributed by atoms with Crippen LogP contribution in [0.15, 0.2) is 24.3 Å². The average molecular weight is 291 g/mol. The minimum atomic E-state index is 0.198. The molecule has 21 heavy (non-hydrogen) atoms. The summed E-state index contributed by atoms with van der Waals surface area (Å²) in [6.07, 6.45) is 3.72. The highest BCUT2D eigenvalue weighted by molar-refractivity contribution is 5.39. The Hall–Kier alpha value is -1.22. The number of benzene rings is 1. The van der Waals surface area contributed by atoms with Gasteiger partial charge in [-0.3, -0.25) is 0 Å². The van der Waals surface area contributed by atoms with E-state index in [0.717, 1.165) is 24.3 Å². The predicted octanol–water partition coefficient (Wildman–Crippen LogP) is 3.88. The zero-order valence-corrected chi connectivity index (χ0v) is 14.0. The fourth-order valence-corrected chi connectivity index (χ4v) is 3.26. The maximum absolute atomic E-state index is 6.32. The maximum Gasteiger partial charge on any atom is 0.161 e. The Morgan fingerprint density at radius 1 is 1.10 bits per heavy atom. The molecule has 1 N–H and O–H groups in total. The molecule has 1 aliphatic carbocycles. The highest BCUT2D eigenvalue weighted by atomic mass is 16.5. The Balaban J connectivity index is 2.14. The van der Waals surface area contributed by atoms with Crippen LogP contribution in [0.1, 0.15) is 40.0 Å². The minimum absolute atomic E-state index is 0.198. The quantitative estimate of drug-likeness (QED) is 0.913. The van der Waals surface area contributed by atoms with Gasteiger partial charge >= 0.3 is 0 Å². The molecule has 3 heteroatoms. The van der Waals surface area contributed by atoms with Crippen LogP contribution in [0, 0.1) is 11.3 Å². The van der Waals surface area contributed by atoms with E-state index in [0.29, 0.717) is 17.4 Å². The van der Waals surface area contributed by atoms with Crippen molar-refractivity contribution in [2.45, 2.75) is 52.2 Å². The molecule has 0 heterocycles. The molecule has 3 unspecified atom stereocenters. The Morgan fingerprint density at radius 3 is 2.33 bits per heavy atom. The highest BCUT2D eigenvalue weighted by Gasteiger charge is 2.36. The van der Waals surface area contributed by atoms with Crippen LogP contribution in [0.3, 0.4) is 0 Å². The predicted molar refractivity (Wildman–Crippen MR) is 87.1 cm³/mol. The number of ether oxygens (including phenoxy) is 2. The van der Waals surface area contributed by atoms with E-state index >= 15 is 0 Å². The third kappa shape index (κ3) is 3.91. The van der Waals surface area contributed by atoms with Crippen molar-refractivity contribution in [3.8, 4) is 11.5 Å². The van der Waals surface area contributed by atoms with Crippen LogP contribution in [0.4, 0.5) is 0 Å². The molecule has 1 aliphatic rings. The van der Waals surface area contributed by atoms with Crippen LogP contribution in [-0.2, 0) is 0 Å². The molecular formula is C18H29NO2. The number of likely N-dealkylation sites (N-methyl/N-ethyl adjacent to an activating group) is 1. The van der Waals surface area contributed by atoms with Crippen LogP contribution >= 0.6 is 0 Å². The topological polar surface area (TPSA) is 30.5 Å². The summed E-state index contributed by atoms with van der Waals surface area (Å²) < 4.78 is 11.7. The highest BCUT2D eigenvalue weighted by Crippen LogP contribution is 2.40. The van der Waals surface area contributed by atoms with Gasteiger partial charge in [-0.2, -0.15) is 0 Å². The van der Waals surface area contributed by atoms with E-state index in [1.165, 1.54) is 6.42 Å². The SMILES string of the molecule is CNC1CCC(C(C)(C)C)CC1Oc1ccccc1OC. The normalized spacial score (nSPS) is 26.4. The number of hydrogen-bond donors (Lipinski definition) is 1. The largest absolute Gasteiger partial charge is 0.493 e. The van der Waals surface area contributed by atoms with Crippen molar-refractivity contribution in [2.24, 2.45) is 11.3 Å². The molecule has 0 bridgehead atoms. The summed E-state index contributed by atoms with van der Waals surface area (Å²) in [5.41, 5.74) is 0.334. The molecule has 0 aliphatic heterocycles. The van der Waals surface area contributed by atoms with E-state index in [4.69, 9.17) is 9.47 Å². The first-order chi connectivity index (χ1) is 9.95. The molecule has 0 spiro atoms. The van der Waals surface area contributed by atoms with Gasteiger partial charge in [-0.15, -0.1) is 0 Å². The number of methoxy groups -OCH3 is 1. The van der Waals surface area contributed by atoms with Crippen LogP contribution in [0.25, 0.3) is 0 Å². The first-order valence-electron chi connectivity index (χ1n) is 7.92. The van der Waals surface area contributed by atoms with Crippen molar-refractivity contribution < 1.29 is 9.47 Å². The fraction of sp³-hybridized carbons (Fsp3) is 0.667. The zero-order valence-electron chi connectivity index (χ0n) is 14.0. The van der Waals surface area contributed by atoms with E-state index in [9.17, 15) is 0 Å².